The predicted molar refractivity (Wildman–Crippen MR) is 81.1 cm³/mol. The van der Waals surface area contributed by atoms with Gasteiger partial charge in [-0.25, -0.2) is 0 Å². The van der Waals surface area contributed by atoms with Crippen LogP contribution >= 0.6 is 0 Å². The number of carbonyl (C=O) groups is 1. The Balaban J connectivity index is 2.25. The Morgan fingerprint density at radius 3 is 2.14 bits per heavy atom. The highest BCUT2D eigenvalue weighted by molar-refractivity contribution is 6.03. The molecule has 1 heterocycles. The molecule has 116 valence electrons. The molecule has 0 aliphatic carbocycles. The highest BCUT2D eigenvalue weighted by atomic mass is 16.5. The summed E-state index contributed by atoms with van der Waals surface area (Å²) in [6.07, 6.45) is 1.34. The summed E-state index contributed by atoms with van der Waals surface area (Å²) in [5.41, 5.74) is 0.222. The molecular weight excluding hydrogens is 288 g/mol. The van der Waals surface area contributed by atoms with Crippen LogP contribution in [0.5, 0.6) is 17.2 Å². The summed E-state index contributed by atoms with van der Waals surface area (Å²) >= 11 is 0. The Bertz CT molecular complexity index is 717. The van der Waals surface area contributed by atoms with Gasteiger partial charge < -0.3 is 24.5 Å². The van der Waals surface area contributed by atoms with Crippen LogP contribution in [-0.2, 0) is 0 Å². The van der Waals surface area contributed by atoms with Gasteiger partial charge in [0.15, 0.2) is 5.75 Å². The fraction of sp³-hybridized carbons (Fsp3) is 0.200. The second kappa shape index (κ2) is 6.66. The summed E-state index contributed by atoms with van der Waals surface area (Å²) in [6, 6.07) is 6.14. The molecule has 0 aliphatic heterocycles. The number of benzene rings is 1. The second-order valence-electron chi connectivity index (χ2n) is 4.33. The summed E-state index contributed by atoms with van der Waals surface area (Å²) in [5, 5.41) is 2.66. The summed E-state index contributed by atoms with van der Waals surface area (Å²) in [7, 11) is 4.41. The zero-order valence-electron chi connectivity index (χ0n) is 12.4. The van der Waals surface area contributed by atoms with Gasteiger partial charge in [0.2, 0.25) is 5.43 Å². The molecule has 0 saturated heterocycles. The maximum atomic E-state index is 12.2. The van der Waals surface area contributed by atoms with Crippen LogP contribution in [0.4, 0.5) is 5.69 Å². The lowest BCUT2D eigenvalue weighted by atomic mass is 10.2. The zero-order chi connectivity index (χ0) is 16.1. The zero-order valence-corrected chi connectivity index (χ0v) is 12.4. The lowest BCUT2D eigenvalue weighted by Gasteiger charge is -2.10. The summed E-state index contributed by atoms with van der Waals surface area (Å²) in [5.74, 6) is 0.755. The molecule has 0 unspecified atom stereocenters. The summed E-state index contributed by atoms with van der Waals surface area (Å²) in [4.78, 5) is 26.5. The topological polar surface area (TPSA) is 89.6 Å². The van der Waals surface area contributed by atoms with Crippen LogP contribution in [0, 0.1) is 0 Å². The van der Waals surface area contributed by atoms with Crippen molar-refractivity contribution in [3.05, 3.63) is 46.4 Å². The number of methoxy groups -OCH3 is 3. The Hall–Kier alpha value is -2.96. The van der Waals surface area contributed by atoms with E-state index >= 15 is 0 Å². The Kier molecular flexibility index (Phi) is 4.67. The quantitative estimate of drug-likeness (QED) is 0.876. The van der Waals surface area contributed by atoms with Crippen molar-refractivity contribution >= 4 is 11.6 Å². The van der Waals surface area contributed by atoms with Crippen LogP contribution in [0.2, 0.25) is 0 Å². The van der Waals surface area contributed by atoms with E-state index in [0.29, 0.717) is 17.2 Å². The van der Waals surface area contributed by atoms with Gasteiger partial charge in [-0.05, 0) is 0 Å². The number of aromatic amines is 1. The molecule has 2 N–H and O–H groups in total. The first-order valence-corrected chi connectivity index (χ1v) is 6.38. The van der Waals surface area contributed by atoms with E-state index in [0.717, 1.165) is 0 Å². The fourth-order valence-corrected chi connectivity index (χ4v) is 1.83. The Morgan fingerprint density at radius 1 is 1.00 bits per heavy atom. The number of H-pyrrole nitrogens is 1. The summed E-state index contributed by atoms with van der Waals surface area (Å²) in [6.45, 7) is 0. The lowest BCUT2D eigenvalue weighted by molar-refractivity contribution is 0.102. The monoisotopic (exact) mass is 304 g/mol. The van der Waals surface area contributed by atoms with E-state index in [4.69, 9.17) is 14.2 Å². The molecule has 0 spiro atoms. The van der Waals surface area contributed by atoms with Gasteiger partial charge in [-0.3, -0.25) is 9.59 Å². The third kappa shape index (κ3) is 3.38. The molecule has 1 aromatic carbocycles. The first-order chi connectivity index (χ1) is 10.6. The summed E-state index contributed by atoms with van der Waals surface area (Å²) < 4.78 is 15.1. The minimum atomic E-state index is -0.463. The molecule has 0 bridgehead atoms. The van der Waals surface area contributed by atoms with Gasteiger partial charge in [-0.15, -0.1) is 0 Å². The van der Waals surface area contributed by atoms with Crippen molar-refractivity contribution in [3.63, 3.8) is 0 Å². The van der Waals surface area contributed by atoms with Crippen molar-refractivity contribution in [3.8, 4) is 17.2 Å². The number of ether oxygens (including phenoxy) is 3. The van der Waals surface area contributed by atoms with Gasteiger partial charge in [-0.2, -0.15) is 0 Å². The first-order valence-electron chi connectivity index (χ1n) is 6.38. The fourth-order valence-electron chi connectivity index (χ4n) is 1.83. The van der Waals surface area contributed by atoms with Gasteiger partial charge in [0.05, 0.1) is 21.3 Å². The third-order valence-corrected chi connectivity index (χ3v) is 2.95. The normalized spacial score (nSPS) is 9.95. The maximum absolute atomic E-state index is 12.2. The number of nitrogens with one attached hydrogen (secondary N) is 2. The van der Waals surface area contributed by atoms with Crippen molar-refractivity contribution < 1.29 is 19.0 Å². The standard InChI is InChI=1S/C15H16N2O5/c1-20-10-4-9(5-11(6-10)21-2)17-15(19)12-7-13(18)14(22-3)8-16-12/h4-8H,1-3H3,(H,16,18)(H,17,19). The number of amides is 1. The third-order valence-electron chi connectivity index (χ3n) is 2.95. The van der Waals surface area contributed by atoms with Gasteiger partial charge in [-0.1, -0.05) is 0 Å². The molecule has 2 rings (SSSR count). The average molecular weight is 304 g/mol. The van der Waals surface area contributed by atoms with Gasteiger partial charge in [0, 0.05) is 36.1 Å². The van der Waals surface area contributed by atoms with Crippen LogP contribution in [0.25, 0.3) is 0 Å². The highest BCUT2D eigenvalue weighted by Crippen LogP contribution is 2.25. The molecule has 0 fully saturated rings. The molecule has 0 radical (unpaired) electrons. The van der Waals surface area contributed by atoms with E-state index in [1.807, 2.05) is 0 Å². The number of aromatic nitrogens is 1. The number of carbonyl (C=O) groups excluding carboxylic acids is 1. The van der Waals surface area contributed by atoms with E-state index in [1.54, 1.807) is 18.2 Å². The van der Waals surface area contributed by atoms with Crippen LogP contribution in [0.3, 0.4) is 0 Å². The molecule has 1 aromatic heterocycles. The van der Waals surface area contributed by atoms with E-state index in [-0.39, 0.29) is 16.9 Å². The highest BCUT2D eigenvalue weighted by Gasteiger charge is 2.11. The number of pyridine rings is 1. The molecule has 2 aromatic rings. The van der Waals surface area contributed by atoms with E-state index in [9.17, 15) is 9.59 Å². The van der Waals surface area contributed by atoms with Crippen molar-refractivity contribution in [2.75, 3.05) is 26.6 Å². The molecule has 0 saturated carbocycles. The number of hydrogen-bond acceptors (Lipinski definition) is 5. The molecule has 7 heteroatoms. The van der Waals surface area contributed by atoms with Crippen LogP contribution in [0.15, 0.2) is 35.3 Å². The number of rotatable bonds is 5. The van der Waals surface area contributed by atoms with Crippen LogP contribution in [-0.4, -0.2) is 32.2 Å². The van der Waals surface area contributed by atoms with Crippen LogP contribution < -0.4 is 25.0 Å². The van der Waals surface area contributed by atoms with Crippen molar-refractivity contribution in [1.82, 2.24) is 4.98 Å². The lowest BCUT2D eigenvalue weighted by Crippen LogP contribution is -2.17. The number of hydrogen-bond donors (Lipinski definition) is 2. The van der Waals surface area contributed by atoms with Crippen molar-refractivity contribution in [1.29, 1.82) is 0 Å². The predicted octanol–water partition coefficient (Wildman–Crippen LogP) is 1.65. The molecule has 0 atom stereocenters. The Labute approximate surface area is 126 Å². The average Bonchev–Trinajstić information content (AvgIpc) is 2.54. The van der Waals surface area contributed by atoms with E-state index in [2.05, 4.69) is 10.3 Å². The second-order valence-corrected chi connectivity index (χ2v) is 4.33. The minimum absolute atomic E-state index is 0.118. The van der Waals surface area contributed by atoms with Crippen molar-refractivity contribution in [2.24, 2.45) is 0 Å². The van der Waals surface area contributed by atoms with Crippen molar-refractivity contribution in [2.45, 2.75) is 0 Å². The van der Waals surface area contributed by atoms with Gasteiger partial charge in [0.25, 0.3) is 5.91 Å². The maximum Gasteiger partial charge on any atom is 0.272 e. The molecular formula is C15H16N2O5. The minimum Gasteiger partial charge on any atom is -0.497 e. The molecule has 7 nitrogen and oxygen atoms in total. The van der Waals surface area contributed by atoms with Crippen LogP contribution in [0.1, 0.15) is 10.5 Å². The van der Waals surface area contributed by atoms with Gasteiger partial charge >= 0.3 is 0 Å². The molecule has 0 aliphatic rings. The smallest absolute Gasteiger partial charge is 0.272 e. The largest absolute Gasteiger partial charge is 0.497 e. The SMILES string of the molecule is COc1cc(NC(=O)c2cc(=O)c(OC)c[nH]2)cc(OC)c1. The Morgan fingerprint density at radius 2 is 1.64 bits per heavy atom. The first kappa shape index (κ1) is 15.4. The van der Waals surface area contributed by atoms with E-state index in [1.165, 1.54) is 33.6 Å². The molecule has 22 heavy (non-hydrogen) atoms. The van der Waals surface area contributed by atoms with E-state index < -0.39 is 5.91 Å². The number of anilines is 1. The molecule has 1 amide bonds. The van der Waals surface area contributed by atoms with Gasteiger partial charge in [0.1, 0.15) is 17.2 Å².